The molecule has 5 nitrogen and oxygen atoms in total. The molecule has 0 radical (unpaired) electrons. The lowest BCUT2D eigenvalue weighted by atomic mass is 9.68. The van der Waals surface area contributed by atoms with E-state index in [2.05, 4.69) is 17.0 Å². The molecule has 1 aliphatic heterocycles. The predicted molar refractivity (Wildman–Crippen MR) is 106 cm³/mol. The van der Waals surface area contributed by atoms with Crippen molar-refractivity contribution in [3.63, 3.8) is 0 Å². The summed E-state index contributed by atoms with van der Waals surface area (Å²) < 4.78 is 0. The minimum Gasteiger partial charge on any atom is -0.396 e. The normalized spacial score (nSPS) is 25.1. The lowest BCUT2D eigenvalue weighted by molar-refractivity contribution is -0.138. The Morgan fingerprint density at radius 1 is 1.11 bits per heavy atom. The van der Waals surface area contributed by atoms with Crippen molar-refractivity contribution in [1.82, 2.24) is 9.80 Å². The third-order valence-electron chi connectivity index (χ3n) is 6.57. The Morgan fingerprint density at radius 2 is 1.78 bits per heavy atom. The predicted octanol–water partition coefficient (Wildman–Crippen LogP) is 1.88. The number of hydrogen-bond donors (Lipinski definition) is 2. The number of nitrogens with zero attached hydrogens (tertiary/aromatic N) is 2. The molecule has 1 heterocycles. The van der Waals surface area contributed by atoms with Gasteiger partial charge in [0.1, 0.15) is 0 Å². The lowest BCUT2D eigenvalue weighted by Gasteiger charge is -2.39. The van der Waals surface area contributed by atoms with Gasteiger partial charge >= 0.3 is 0 Å². The summed E-state index contributed by atoms with van der Waals surface area (Å²) in [7, 11) is 1.99. The Labute approximate surface area is 163 Å². The van der Waals surface area contributed by atoms with Crippen LogP contribution in [0.3, 0.4) is 0 Å². The molecule has 2 fully saturated rings. The van der Waals surface area contributed by atoms with Crippen LogP contribution in [0.1, 0.15) is 37.7 Å². The maximum atomic E-state index is 13.7. The van der Waals surface area contributed by atoms with E-state index in [0.29, 0.717) is 19.6 Å². The fourth-order valence-electron chi connectivity index (χ4n) is 5.02. The second-order valence-electron chi connectivity index (χ2n) is 8.41. The van der Waals surface area contributed by atoms with Crippen LogP contribution in [0.15, 0.2) is 30.3 Å². The van der Waals surface area contributed by atoms with E-state index in [4.69, 9.17) is 5.11 Å². The molecule has 1 amide bonds. The average molecular weight is 375 g/mol. The van der Waals surface area contributed by atoms with E-state index in [1.807, 2.05) is 30.1 Å². The molecule has 2 aliphatic rings. The molecule has 1 aromatic carbocycles. The molecule has 2 N–H and O–H groups in total. The van der Waals surface area contributed by atoms with E-state index in [-0.39, 0.29) is 31.0 Å². The highest BCUT2D eigenvalue weighted by molar-refractivity contribution is 5.88. The zero-order valence-electron chi connectivity index (χ0n) is 16.5. The van der Waals surface area contributed by atoms with Gasteiger partial charge in [-0.05, 0) is 31.4 Å². The molecule has 2 atom stereocenters. The minimum absolute atomic E-state index is 0.111. The van der Waals surface area contributed by atoms with Gasteiger partial charge in [0.15, 0.2) is 0 Å². The molecule has 3 rings (SSSR count). The molecule has 0 spiro atoms. The highest BCUT2D eigenvalue weighted by Crippen LogP contribution is 2.42. The summed E-state index contributed by atoms with van der Waals surface area (Å²) >= 11 is 0. The quantitative estimate of drug-likeness (QED) is 0.765. The fourth-order valence-corrected chi connectivity index (χ4v) is 5.02. The molecule has 150 valence electrons. The minimum atomic E-state index is -0.397. The maximum Gasteiger partial charge on any atom is 0.233 e. The molecule has 5 heteroatoms. The molecule has 1 saturated heterocycles. The van der Waals surface area contributed by atoms with Gasteiger partial charge in [-0.1, -0.05) is 49.6 Å². The zero-order valence-corrected chi connectivity index (χ0v) is 16.5. The molecule has 0 unspecified atom stereocenters. The van der Waals surface area contributed by atoms with E-state index in [0.717, 1.165) is 37.8 Å². The second-order valence-corrected chi connectivity index (χ2v) is 8.41. The Morgan fingerprint density at radius 3 is 2.41 bits per heavy atom. The maximum absolute atomic E-state index is 13.7. The van der Waals surface area contributed by atoms with Crippen LogP contribution < -0.4 is 0 Å². The third kappa shape index (κ3) is 4.36. The van der Waals surface area contributed by atoms with Crippen LogP contribution in [-0.2, 0) is 10.2 Å². The highest BCUT2D eigenvalue weighted by Gasteiger charge is 2.46. The molecule has 0 aromatic heterocycles. The van der Waals surface area contributed by atoms with Gasteiger partial charge in [-0.3, -0.25) is 4.79 Å². The molecule has 1 aromatic rings. The van der Waals surface area contributed by atoms with Crippen LogP contribution in [0, 0.1) is 11.8 Å². The Hall–Kier alpha value is -1.43. The summed E-state index contributed by atoms with van der Waals surface area (Å²) in [6.45, 7) is 3.01. The molecule has 27 heavy (non-hydrogen) atoms. The summed E-state index contributed by atoms with van der Waals surface area (Å²) in [5.74, 6) is 0.623. The summed E-state index contributed by atoms with van der Waals surface area (Å²) in [5, 5.41) is 19.0. The van der Waals surface area contributed by atoms with Crippen molar-refractivity contribution >= 4 is 5.91 Å². The summed E-state index contributed by atoms with van der Waals surface area (Å²) in [6.07, 6.45) is 5.24. The van der Waals surface area contributed by atoms with Crippen molar-refractivity contribution in [2.75, 3.05) is 46.4 Å². The van der Waals surface area contributed by atoms with Crippen molar-refractivity contribution in [3.8, 4) is 0 Å². The number of amides is 1. The van der Waals surface area contributed by atoms with Crippen molar-refractivity contribution in [2.24, 2.45) is 11.8 Å². The number of aliphatic hydroxyl groups excluding tert-OH is 2. The van der Waals surface area contributed by atoms with Crippen LogP contribution in [0.25, 0.3) is 0 Å². The number of likely N-dealkylation sites (N-methyl/N-ethyl adjacent to an activating group) is 1. The summed E-state index contributed by atoms with van der Waals surface area (Å²) in [4.78, 5) is 17.8. The van der Waals surface area contributed by atoms with E-state index in [1.54, 1.807) is 0 Å². The van der Waals surface area contributed by atoms with Gasteiger partial charge in [0.05, 0.1) is 12.0 Å². The Balaban J connectivity index is 1.78. The smallest absolute Gasteiger partial charge is 0.233 e. The van der Waals surface area contributed by atoms with Gasteiger partial charge in [-0.15, -0.1) is 0 Å². The van der Waals surface area contributed by atoms with Crippen LogP contribution in [0.4, 0.5) is 0 Å². The van der Waals surface area contributed by atoms with Gasteiger partial charge < -0.3 is 20.0 Å². The van der Waals surface area contributed by atoms with Gasteiger partial charge in [0, 0.05) is 38.7 Å². The van der Waals surface area contributed by atoms with Gasteiger partial charge in [0.25, 0.3) is 0 Å². The first-order valence-corrected chi connectivity index (χ1v) is 10.4. The van der Waals surface area contributed by atoms with E-state index in [1.165, 1.54) is 6.42 Å². The monoisotopic (exact) mass is 374 g/mol. The number of aliphatic hydroxyl groups is 2. The van der Waals surface area contributed by atoms with Gasteiger partial charge in [-0.2, -0.15) is 0 Å². The molecular weight excluding hydrogens is 340 g/mol. The average Bonchev–Trinajstić information content (AvgIpc) is 3.11. The Bertz CT molecular complexity index is 601. The number of rotatable bonds is 7. The first kappa shape index (κ1) is 20.3. The van der Waals surface area contributed by atoms with Gasteiger partial charge in [-0.25, -0.2) is 0 Å². The lowest BCUT2D eigenvalue weighted by Crippen LogP contribution is -2.47. The van der Waals surface area contributed by atoms with E-state index >= 15 is 0 Å². The zero-order chi connectivity index (χ0) is 19.3. The van der Waals surface area contributed by atoms with Crippen LogP contribution in [0.5, 0.6) is 0 Å². The second kappa shape index (κ2) is 9.18. The number of hydrogen-bond acceptors (Lipinski definition) is 4. The standard InChI is InChI=1S/C22H34N2O3/c1-23(12-13-25)14-18-15-24(16-19(18)17-26)21(27)22(10-6-3-7-11-22)20-8-4-2-5-9-20/h2,4-5,8-9,18-19,25-26H,3,6-7,10-17H2,1H3/t18-,19-/m1/s1. The highest BCUT2D eigenvalue weighted by atomic mass is 16.3. The number of carbonyl (C=O) groups excluding carboxylic acids is 1. The topological polar surface area (TPSA) is 64.0 Å². The Kier molecular flexibility index (Phi) is 6.90. The van der Waals surface area contributed by atoms with E-state index in [9.17, 15) is 9.90 Å². The van der Waals surface area contributed by atoms with Crippen molar-refractivity contribution in [3.05, 3.63) is 35.9 Å². The fraction of sp³-hybridized carbons (Fsp3) is 0.682. The number of benzene rings is 1. The van der Waals surface area contributed by atoms with Gasteiger partial charge in [0.2, 0.25) is 5.91 Å². The molecule has 1 aliphatic carbocycles. The molecular formula is C22H34N2O3. The summed E-state index contributed by atoms with van der Waals surface area (Å²) in [6, 6.07) is 10.3. The first-order chi connectivity index (χ1) is 13.1. The molecule has 1 saturated carbocycles. The number of carbonyl (C=O) groups is 1. The molecule has 0 bridgehead atoms. The number of likely N-dealkylation sites (tertiary alicyclic amines) is 1. The summed E-state index contributed by atoms with van der Waals surface area (Å²) in [5.41, 5.74) is 0.752. The third-order valence-corrected chi connectivity index (χ3v) is 6.57. The SMILES string of the molecule is CN(CCO)C[C@@H]1CN(C(=O)C2(c3ccccc3)CCCCC2)C[C@@H]1CO. The van der Waals surface area contributed by atoms with Crippen LogP contribution >= 0.6 is 0 Å². The van der Waals surface area contributed by atoms with Crippen LogP contribution in [-0.4, -0.2) is 72.4 Å². The van der Waals surface area contributed by atoms with E-state index < -0.39 is 5.41 Å². The first-order valence-electron chi connectivity index (χ1n) is 10.4. The van der Waals surface area contributed by atoms with Crippen LogP contribution in [0.2, 0.25) is 0 Å². The van der Waals surface area contributed by atoms with Crippen molar-refractivity contribution in [1.29, 1.82) is 0 Å². The van der Waals surface area contributed by atoms with Crippen molar-refractivity contribution < 1.29 is 15.0 Å². The largest absolute Gasteiger partial charge is 0.396 e. The van der Waals surface area contributed by atoms with Crippen molar-refractivity contribution in [2.45, 2.75) is 37.5 Å².